The monoisotopic (exact) mass is 645 g/mol. The Morgan fingerprint density at radius 3 is 2.11 bits per heavy atom. The molecule has 0 radical (unpaired) electrons. The van der Waals surface area contributed by atoms with Crippen LogP contribution in [0.25, 0.3) is 0 Å². The lowest BCUT2D eigenvalue weighted by Crippen LogP contribution is -2.56. The summed E-state index contributed by atoms with van der Waals surface area (Å²) in [5, 5.41) is 0. The standard InChI is InChI=1S/C32H38F7N3O3/c1-20(23-15-24(31(34,35)36)17-25(16-23)32(37,38)39)45-30-29(21-3-5-26(33)6-4-21)22(9-14-44-30)18-42-13-12-41(19-28(42)43)27-7-10-40(2)11-8-27/h3-6,15-17,20,22,27,29-30H,7-14,18-19H2,1-2H3/t20-,22+,29+,30-/m1/s1. The first kappa shape index (κ1) is 33.6. The van der Waals surface area contributed by atoms with Crippen LogP contribution in [-0.2, 0) is 26.6 Å². The van der Waals surface area contributed by atoms with Gasteiger partial charge in [0.15, 0.2) is 6.29 Å². The Morgan fingerprint density at radius 1 is 0.911 bits per heavy atom. The number of hydrogen-bond acceptors (Lipinski definition) is 5. The fourth-order valence-corrected chi connectivity index (χ4v) is 6.65. The molecule has 0 aliphatic carbocycles. The first-order valence-electron chi connectivity index (χ1n) is 15.2. The molecule has 45 heavy (non-hydrogen) atoms. The molecule has 0 bridgehead atoms. The summed E-state index contributed by atoms with van der Waals surface area (Å²) in [5.74, 6) is -1.25. The van der Waals surface area contributed by atoms with E-state index in [9.17, 15) is 35.5 Å². The van der Waals surface area contributed by atoms with E-state index in [4.69, 9.17) is 9.47 Å². The third-order valence-electron chi connectivity index (χ3n) is 9.25. The lowest BCUT2D eigenvalue weighted by Gasteiger charge is -2.45. The Bertz CT molecular complexity index is 1280. The molecular weight excluding hydrogens is 607 g/mol. The highest BCUT2D eigenvalue weighted by atomic mass is 19.4. The highest BCUT2D eigenvalue weighted by Crippen LogP contribution is 2.42. The summed E-state index contributed by atoms with van der Waals surface area (Å²) in [4.78, 5) is 19.6. The SMILES string of the molecule is C[C@@H](O[C@H]1OCC[C@@H](CN2CCN(C3CCN(C)CC3)CC2=O)[C@@H]1c1ccc(F)cc1)c1cc(C(F)(F)F)cc(C(F)(F)F)c1. The van der Waals surface area contributed by atoms with Crippen LogP contribution in [-0.4, -0.2) is 85.9 Å². The first-order chi connectivity index (χ1) is 21.2. The molecule has 3 aliphatic rings. The number of piperidine rings is 1. The molecule has 2 aromatic carbocycles. The van der Waals surface area contributed by atoms with Crippen molar-refractivity contribution in [2.75, 3.05) is 52.9 Å². The molecule has 2 aromatic rings. The van der Waals surface area contributed by atoms with Crippen molar-refractivity contribution >= 4 is 5.91 Å². The molecule has 0 spiro atoms. The molecule has 6 nitrogen and oxygen atoms in total. The van der Waals surface area contributed by atoms with E-state index in [-0.39, 0.29) is 30.1 Å². The Hall–Kier alpha value is -2.74. The summed E-state index contributed by atoms with van der Waals surface area (Å²) in [6.45, 7) is 5.49. The summed E-state index contributed by atoms with van der Waals surface area (Å²) >= 11 is 0. The normalized spacial score (nSPS) is 25.5. The zero-order valence-electron chi connectivity index (χ0n) is 25.2. The number of piperazine rings is 1. The van der Waals surface area contributed by atoms with Crippen molar-refractivity contribution in [2.24, 2.45) is 5.92 Å². The van der Waals surface area contributed by atoms with Gasteiger partial charge in [0.05, 0.1) is 30.4 Å². The third-order valence-corrected chi connectivity index (χ3v) is 9.25. The van der Waals surface area contributed by atoms with Gasteiger partial charge in [-0.2, -0.15) is 26.3 Å². The summed E-state index contributed by atoms with van der Waals surface area (Å²) in [6, 6.07) is 7.41. The summed E-state index contributed by atoms with van der Waals surface area (Å²) < 4.78 is 107. The van der Waals surface area contributed by atoms with Gasteiger partial charge in [-0.3, -0.25) is 9.69 Å². The lowest BCUT2D eigenvalue weighted by atomic mass is 9.81. The predicted octanol–water partition coefficient (Wildman–Crippen LogP) is 6.33. The molecule has 0 aromatic heterocycles. The van der Waals surface area contributed by atoms with E-state index >= 15 is 0 Å². The van der Waals surface area contributed by atoms with Gasteiger partial charge in [0.1, 0.15) is 5.82 Å². The van der Waals surface area contributed by atoms with Gasteiger partial charge in [-0.25, -0.2) is 4.39 Å². The molecule has 3 aliphatic heterocycles. The summed E-state index contributed by atoms with van der Waals surface area (Å²) in [7, 11) is 2.09. The Kier molecular flexibility index (Phi) is 10.1. The number of nitrogens with zero attached hydrogens (tertiary/aromatic N) is 3. The number of halogens is 7. The molecule has 0 saturated carbocycles. The van der Waals surface area contributed by atoms with Gasteiger partial charge in [0.2, 0.25) is 5.91 Å². The van der Waals surface area contributed by atoms with Crippen molar-refractivity contribution in [2.45, 2.75) is 62.9 Å². The highest BCUT2D eigenvalue weighted by Gasteiger charge is 2.41. The quantitative estimate of drug-likeness (QED) is 0.330. The van der Waals surface area contributed by atoms with Crippen molar-refractivity contribution in [1.29, 1.82) is 0 Å². The summed E-state index contributed by atoms with van der Waals surface area (Å²) in [5.41, 5.74) is -2.53. The predicted molar refractivity (Wildman–Crippen MR) is 152 cm³/mol. The summed E-state index contributed by atoms with van der Waals surface area (Å²) in [6.07, 6.45) is -9.73. The lowest BCUT2D eigenvalue weighted by molar-refractivity contribution is -0.211. The molecule has 3 fully saturated rings. The van der Waals surface area contributed by atoms with Crippen molar-refractivity contribution in [3.63, 3.8) is 0 Å². The second-order valence-corrected chi connectivity index (χ2v) is 12.3. The minimum absolute atomic E-state index is 0.000918. The molecule has 248 valence electrons. The molecule has 5 rings (SSSR count). The van der Waals surface area contributed by atoms with Crippen molar-refractivity contribution in [3.8, 4) is 0 Å². The van der Waals surface area contributed by atoms with Crippen molar-refractivity contribution < 1.29 is 45.0 Å². The topological polar surface area (TPSA) is 45.3 Å². The van der Waals surface area contributed by atoms with Crippen LogP contribution in [0, 0.1) is 11.7 Å². The van der Waals surface area contributed by atoms with Crippen LogP contribution in [0.4, 0.5) is 30.7 Å². The van der Waals surface area contributed by atoms with E-state index in [0.29, 0.717) is 49.8 Å². The first-order valence-corrected chi connectivity index (χ1v) is 15.2. The Labute approximate surface area is 258 Å². The number of benzene rings is 2. The van der Waals surface area contributed by atoms with Gasteiger partial charge in [-0.1, -0.05) is 12.1 Å². The molecule has 1 amide bonds. The number of rotatable bonds is 7. The van der Waals surface area contributed by atoms with Crippen LogP contribution in [0.15, 0.2) is 42.5 Å². The van der Waals surface area contributed by atoms with Crippen LogP contribution in [0.1, 0.15) is 60.5 Å². The minimum atomic E-state index is -5.00. The maximum Gasteiger partial charge on any atom is 0.416 e. The van der Waals surface area contributed by atoms with Gasteiger partial charge < -0.3 is 19.3 Å². The number of ether oxygens (including phenoxy) is 2. The maximum absolute atomic E-state index is 13.9. The number of carbonyl (C=O) groups is 1. The number of likely N-dealkylation sites (tertiary alicyclic amines) is 1. The van der Waals surface area contributed by atoms with Crippen LogP contribution in [0.2, 0.25) is 0 Å². The van der Waals surface area contributed by atoms with E-state index in [0.717, 1.165) is 32.5 Å². The second kappa shape index (κ2) is 13.5. The van der Waals surface area contributed by atoms with Gasteiger partial charge in [0, 0.05) is 31.6 Å². The molecule has 13 heteroatoms. The Balaban J connectivity index is 1.35. The number of alkyl halides is 6. The van der Waals surface area contributed by atoms with Crippen LogP contribution in [0.3, 0.4) is 0 Å². The zero-order chi connectivity index (χ0) is 32.5. The highest BCUT2D eigenvalue weighted by molar-refractivity contribution is 5.79. The fraction of sp³-hybridized carbons (Fsp3) is 0.594. The molecule has 3 saturated heterocycles. The molecule has 3 heterocycles. The fourth-order valence-electron chi connectivity index (χ4n) is 6.65. The van der Waals surface area contributed by atoms with Gasteiger partial charge in [0.25, 0.3) is 0 Å². The van der Waals surface area contributed by atoms with E-state index in [2.05, 4.69) is 16.8 Å². The number of hydrogen-bond donors (Lipinski definition) is 0. The van der Waals surface area contributed by atoms with Gasteiger partial charge in [-0.05, 0) is 93.7 Å². The Morgan fingerprint density at radius 2 is 1.53 bits per heavy atom. The maximum atomic E-state index is 13.9. The van der Waals surface area contributed by atoms with Crippen LogP contribution in [0.5, 0.6) is 0 Å². The largest absolute Gasteiger partial charge is 0.416 e. The van der Waals surface area contributed by atoms with Crippen LogP contribution >= 0.6 is 0 Å². The third kappa shape index (κ3) is 8.16. The van der Waals surface area contributed by atoms with Gasteiger partial charge in [-0.15, -0.1) is 0 Å². The van der Waals surface area contributed by atoms with E-state index in [1.807, 2.05) is 0 Å². The van der Waals surface area contributed by atoms with E-state index in [1.54, 1.807) is 17.0 Å². The molecular formula is C32H38F7N3O3. The number of carbonyl (C=O) groups excluding carboxylic acids is 1. The van der Waals surface area contributed by atoms with Gasteiger partial charge >= 0.3 is 12.4 Å². The van der Waals surface area contributed by atoms with E-state index < -0.39 is 47.6 Å². The average molecular weight is 646 g/mol. The molecule has 0 unspecified atom stereocenters. The van der Waals surface area contributed by atoms with Crippen molar-refractivity contribution in [3.05, 3.63) is 70.5 Å². The minimum Gasteiger partial charge on any atom is -0.352 e. The molecule has 0 N–H and O–H groups in total. The van der Waals surface area contributed by atoms with Crippen LogP contribution < -0.4 is 0 Å². The smallest absolute Gasteiger partial charge is 0.352 e. The second-order valence-electron chi connectivity index (χ2n) is 12.3. The average Bonchev–Trinajstić information content (AvgIpc) is 2.98. The van der Waals surface area contributed by atoms with E-state index in [1.165, 1.54) is 19.1 Å². The molecule has 4 atom stereocenters. The number of amides is 1. The van der Waals surface area contributed by atoms with Crippen molar-refractivity contribution in [1.82, 2.24) is 14.7 Å². The zero-order valence-corrected chi connectivity index (χ0v) is 25.2.